The van der Waals surface area contributed by atoms with Crippen LogP contribution in [0.4, 0.5) is 0 Å². The van der Waals surface area contributed by atoms with E-state index in [0.717, 1.165) is 12.8 Å². The van der Waals surface area contributed by atoms with Crippen molar-refractivity contribution in [1.82, 2.24) is 0 Å². The zero-order valence-electron chi connectivity index (χ0n) is 10.9. The van der Waals surface area contributed by atoms with Crippen LogP contribution in [0.3, 0.4) is 0 Å². The van der Waals surface area contributed by atoms with Gasteiger partial charge < -0.3 is 22.0 Å². The number of nitrogens with zero attached hydrogens (tertiary/aromatic N) is 1. The van der Waals surface area contributed by atoms with Crippen molar-refractivity contribution in [3.05, 3.63) is 11.8 Å². The zero-order valence-corrected chi connectivity index (χ0v) is 13.3. The van der Waals surface area contributed by atoms with Gasteiger partial charge in [0.2, 0.25) is 0 Å². The first kappa shape index (κ1) is 29.8. The monoisotopic (exact) mass is 309 g/mol. The molecule has 0 aromatic rings. The van der Waals surface area contributed by atoms with Gasteiger partial charge in [0.05, 0.1) is 0 Å². The minimum Gasteiger partial charge on any atom is -0.724 e. The third kappa shape index (κ3) is 243. The molecule has 16 heavy (non-hydrogen) atoms. The quantitative estimate of drug-likeness (QED) is 0.477. The fraction of sp³-hybridized carbons (Fsp3) is 0.818. The third-order valence-electron chi connectivity index (χ3n) is 0.855. The molecule has 0 aliphatic heterocycles. The van der Waals surface area contributed by atoms with Gasteiger partial charge in [0.25, 0.3) is 0 Å². The Bertz CT molecular complexity index is 81.7. The summed E-state index contributed by atoms with van der Waals surface area (Å²) in [7, 11) is 0. The molecule has 0 saturated heterocycles. The summed E-state index contributed by atoms with van der Waals surface area (Å²) in [5, 5.41) is 22.5. The summed E-state index contributed by atoms with van der Waals surface area (Å²) in [6, 6.07) is 0. The Hall–Kier alpha value is 0.183. The van der Waals surface area contributed by atoms with Gasteiger partial charge in [-0.2, -0.15) is 13.3 Å². The van der Waals surface area contributed by atoms with Crippen molar-refractivity contribution >= 4 is 6.08 Å². The summed E-state index contributed by atoms with van der Waals surface area (Å²) < 4.78 is 0. The van der Waals surface area contributed by atoms with E-state index in [1.807, 2.05) is 13.8 Å². The van der Waals surface area contributed by atoms with E-state index >= 15 is 0 Å². The standard InChI is InChI=1S/C4H9.2C3H8O.CNO.Zr/c1-3-4-2;2*1-2-3-4;2-1-3;/h3H,4H2,1-2H3;2*4H,2-3H2,1H3;;/q-1;;;-1;+2. The predicted molar refractivity (Wildman–Crippen MR) is 64.1 cm³/mol. The maximum atomic E-state index is 8.24. The van der Waals surface area contributed by atoms with Crippen molar-refractivity contribution < 1.29 is 41.2 Å². The number of aliphatic hydroxyl groups is 2. The number of isocyanates is 1. The Morgan fingerprint density at radius 3 is 1.25 bits per heavy atom. The molecule has 2 N–H and O–H groups in total. The van der Waals surface area contributed by atoms with Crippen LogP contribution in [0, 0.1) is 6.42 Å². The predicted octanol–water partition coefficient (Wildman–Crippen LogP) is 2.29. The average molecular weight is 311 g/mol. The Morgan fingerprint density at radius 2 is 1.25 bits per heavy atom. The molecule has 0 bridgehead atoms. The minimum atomic E-state index is 0. The van der Waals surface area contributed by atoms with E-state index in [1.54, 1.807) is 0 Å². The topological polar surface area (TPSA) is 79.8 Å². The van der Waals surface area contributed by atoms with Crippen LogP contribution in [-0.4, -0.2) is 29.5 Å². The van der Waals surface area contributed by atoms with E-state index in [9.17, 15) is 0 Å². The summed E-state index contributed by atoms with van der Waals surface area (Å²) in [5.41, 5.74) is 0. The Labute approximate surface area is 119 Å². The number of hydrogen-bond donors (Lipinski definition) is 2. The molecule has 96 valence electrons. The summed E-state index contributed by atoms with van der Waals surface area (Å²) in [5.74, 6) is 0. The van der Waals surface area contributed by atoms with Gasteiger partial charge in [0.1, 0.15) is 0 Å². The smallest absolute Gasteiger partial charge is 0.724 e. The van der Waals surface area contributed by atoms with Gasteiger partial charge in [0, 0.05) is 13.2 Å². The molecule has 0 radical (unpaired) electrons. The Kier molecular flexibility index (Phi) is 110. The molecule has 0 saturated carbocycles. The summed E-state index contributed by atoms with van der Waals surface area (Å²) in [6.07, 6.45) is 5.57. The molecule has 0 aromatic carbocycles. The second kappa shape index (κ2) is 59.2. The fourth-order valence-electron chi connectivity index (χ4n) is 0. The molecule has 0 unspecified atom stereocenters. The molecule has 0 aromatic heterocycles. The van der Waals surface area contributed by atoms with Gasteiger partial charge in [-0.15, -0.1) is 0 Å². The van der Waals surface area contributed by atoms with Crippen LogP contribution in [0.1, 0.15) is 47.0 Å². The van der Waals surface area contributed by atoms with Gasteiger partial charge in [-0.25, -0.2) is 0 Å². The summed E-state index contributed by atoms with van der Waals surface area (Å²) in [4.78, 5) is 8.24. The third-order valence-corrected chi connectivity index (χ3v) is 0.855. The van der Waals surface area contributed by atoms with Crippen LogP contribution in [-0.2, 0) is 31.0 Å². The fourth-order valence-corrected chi connectivity index (χ4v) is 0. The normalized spacial score (nSPS) is 6.12. The van der Waals surface area contributed by atoms with E-state index in [-0.39, 0.29) is 26.2 Å². The molecule has 0 amide bonds. The van der Waals surface area contributed by atoms with E-state index in [2.05, 4.69) is 20.3 Å². The maximum Gasteiger partial charge on any atom is 2.00 e. The van der Waals surface area contributed by atoms with Crippen molar-refractivity contribution in [2.24, 2.45) is 0 Å². The van der Waals surface area contributed by atoms with Crippen molar-refractivity contribution in [2.45, 2.75) is 47.0 Å². The first-order valence-electron chi connectivity index (χ1n) is 5.17. The van der Waals surface area contributed by atoms with Crippen molar-refractivity contribution in [1.29, 1.82) is 0 Å². The number of rotatable bonds is 3. The molecule has 5 heteroatoms. The molecule has 0 aliphatic carbocycles. The Balaban J connectivity index is -0.0000000331. The average Bonchev–Trinajstić information content (AvgIpc) is 2.30. The van der Waals surface area contributed by atoms with Crippen LogP contribution < -0.4 is 0 Å². The van der Waals surface area contributed by atoms with Gasteiger partial charge >= 0.3 is 26.2 Å². The summed E-state index contributed by atoms with van der Waals surface area (Å²) >= 11 is 0. The van der Waals surface area contributed by atoms with Crippen molar-refractivity contribution in [2.75, 3.05) is 13.2 Å². The van der Waals surface area contributed by atoms with Gasteiger partial charge in [-0.05, 0) is 18.9 Å². The molecule has 0 fully saturated rings. The van der Waals surface area contributed by atoms with E-state index in [4.69, 9.17) is 20.4 Å². The molecular formula is C11H25NO3Zr. The number of unbranched alkanes of at least 4 members (excludes halogenated alkanes) is 1. The van der Waals surface area contributed by atoms with Crippen LogP contribution in [0.25, 0.3) is 5.41 Å². The first-order chi connectivity index (χ1) is 7.16. The van der Waals surface area contributed by atoms with Crippen LogP contribution in [0.15, 0.2) is 0 Å². The van der Waals surface area contributed by atoms with E-state index < -0.39 is 0 Å². The van der Waals surface area contributed by atoms with Gasteiger partial charge in [0.15, 0.2) is 0 Å². The summed E-state index contributed by atoms with van der Waals surface area (Å²) in [6.45, 7) is 8.68. The number of hydrogen-bond acceptors (Lipinski definition) is 3. The largest absolute Gasteiger partial charge is 2.00 e. The molecule has 0 rings (SSSR count). The molecular weight excluding hydrogens is 285 g/mol. The second-order valence-corrected chi connectivity index (χ2v) is 2.35. The van der Waals surface area contributed by atoms with E-state index in [1.165, 1.54) is 6.42 Å². The number of carbonyl (C=O) groups excluding carboxylic acids is 1. The Morgan fingerprint density at radius 1 is 1.12 bits per heavy atom. The molecule has 0 aliphatic rings. The van der Waals surface area contributed by atoms with Gasteiger partial charge in [-0.1, -0.05) is 20.8 Å². The molecule has 0 spiro atoms. The molecule has 4 nitrogen and oxygen atoms in total. The minimum absolute atomic E-state index is 0. The van der Waals surface area contributed by atoms with E-state index in [0.29, 0.717) is 19.3 Å². The van der Waals surface area contributed by atoms with Crippen molar-refractivity contribution in [3.63, 3.8) is 0 Å². The second-order valence-electron chi connectivity index (χ2n) is 2.35. The van der Waals surface area contributed by atoms with Gasteiger partial charge in [-0.3, -0.25) is 4.79 Å². The first-order valence-corrected chi connectivity index (χ1v) is 5.17. The van der Waals surface area contributed by atoms with Crippen LogP contribution in [0.2, 0.25) is 0 Å². The molecule has 0 atom stereocenters. The van der Waals surface area contributed by atoms with Crippen LogP contribution in [0.5, 0.6) is 0 Å². The van der Waals surface area contributed by atoms with Crippen LogP contribution >= 0.6 is 0 Å². The zero-order chi connectivity index (χ0) is 12.9. The maximum absolute atomic E-state index is 8.24. The van der Waals surface area contributed by atoms with Crippen molar-refractivity contribution in [3.8, 4) is 0 Å². The number of aliphatic hydroxyl groups excluding tert-OH is 2. The SMILES string of the molecule is CCCO.CCCO.C[CH-]CC.[N-]=C=O.[Zr+2]. The molecule has 0 heterocycles.